The molecule has 1 aliphatic heterocycles. The number of aryl methyl sites for hydroxylation is 1. The maximum atomic E-state index is 12.4. The Balaban J connectivity index is 1.92. The number of nitrogens with one attached hydrogen (secondary N) is 2. The molecule has 0 fully saturated rings. The van der Waals surface area contributed by atoms with Gasteiger partial charge in [-0.3, -0.25) is 9.52 Å². The van der Waals surface area contributed by atoms with Gasteiger partial charge in [0, 0.05) is 11.4 Å². The summed E-state index contributed by atoms with van der Waals surface area (Å²) in [5, 5.41) is 2.71. The van der Waals surface area contributed by atoms with Gasteiger partial charge < -0.3 is 5.32 Å². The molecule has 0 atom stereocenters. The summed E-state index contributed by atoms with van der Waals surface area (Å²) in [6.45, 7) is 1.75. The Morgan fingerprint density at radius 3 is 2.67 bits per heavy atom. The number of rotatable bonds is 3. The maximum Gasteiger partial charge on any atom is 0.262 e. The van der Waals surface area contributed by atoms with Crippen LogP contribution in [0.1, 0.15) is 11.1 Å². The van der Waals surface area contributed by atoms with Gasteiger partial charge in [0.2, 0.25) is 5.91 Å². The van der Waals surface area contributed by atoms with E-state index in [-0.39, 0.29) is 17.2 Å². The quantitative estimate of drug-likeness (QED) is 0.913. The van der Waals surface area contributed by atoms with E-state index in [0.29, 0.717) is 11.3 Å². The predicted octanol–water partition coefficient (Wildman–Crippen LogP) is 2.29. The summed E-state index contributed by atoms with van der Waals surface area (Å²) in [4.78, 5) is 11.6. The summed E-state index contributed by atoms with van der Waals surface area (Å²) in [6, 6.07) is 11.8. The summed E-state index contributed by atoms with van der Waals surface area (Å²) in [5.41, 5.74) is 2.67. The molecular formula is C15H14N2O3S. The fourth-order valence-electron chi connectivity index (χ4n) is 2.36. The monoisotopic (exact) mass is 302 g/mol. The van der Waals surface area contributed by atoms with Gasteiger partial charge in [-0.2, -0.15) is 0 Å². The molecule has 1 aliphatic rings. The van der Waals surface area contributed by atoms with Crippen molar-refractivity contribution in [3.8, 4) is 0 Å². The van der Waals surface area contributed by atoms with E-state index in [1.807, 2.05) is 0 Å². The van der Waals surface area contributed by atoms with Crippen LogP contribution in [0.2, 0.25) is 0 Å². The highest BCUT2D eigenvalue weighted by Gasteiger charge is 2.20. The predicted molar refractivity (Wildman–Crippen MR) is 80.8 cm³/mol. The third-order valence-electron chi connectivity index (χ3n) is 3.37. The molecule has 0 radical (unpaired) electrons. The standard InChI is InChI=1S/C15H14N2O3S/c1-10-4-2-3-5-14(10)21(19,20)17-12-6-7-13-11(8-12)9-15(18)16-13/h2-8,17H,9H2,1H3,(H,16,18). The van der Waals surface area contributed by atoms with Crippen LogP contribution in [0.15, 0.2) is 47.4 Å². The van der Waals surface area contributed by atoms with Crippen molar-refractivity contribution in [2.75, 3.05) is 10.0 Å². The molecule has 2 aromatic carbocycles. The highest BCUT2D eigenvalue weighted by atomic mass is 32.2. The van der Waals surface area contributed by atoms with Crippen LogP contribution in [0, 0.1) is 6.92 Å². The highest BCUT2D eigenvalue weighted by Crippen LogP contribution is 2.27. The first-order valence-electron chi connectivity index (χ1n) is 6.47. The van der Waals surface area contributed by atoms with Crippen molar-refractivity contribution < 1.29 is 13.2 Å². The van der Waals surface area contributed by atoms with Crippen LogP contribution >= 0.6 is 0 Å². The van der Waals surface area contributed by atoms with E-state index in [4.69, 9.17) is 0 Å². The normalized spacial score (nSPS) is 13.7. The molecule has 2 aromatic rings. The number of amides is 1. The average molecular weight is 302 g/mol. The van der Waals surface area contributed by atoms with Crippen LogP contribution in [0.4, 0.5) is 11.4 Å². The molecule has 6 heteroatoms. The molecule has 5 nitrogen and oxygen atoms in total. The van der Waals surface area contributed by atoms with Crippen molar-refractivity contribution in [1.82, 2.24) is 0 Å². The Morgan fingerprint density at radius 2 is 1.90 bits per heavy atom. The number of benzene rings is 2. The van der Waals surface area contributed by atoms with Gasteiger partial charge in [0.25, 0.3) is 10.0 Å². The molecule has 0 saturated carbocycles. The Labute approximate surface area is 123 Å². The molecule has 21 heavy (non-hydrogen) atoms. The maximum absolute atomic E-state index is 12.4. The summed E-state index contributed by atoms with van der Waals surface area (Å²) in [6.07, 6.45) is 0.273. The lowest BCUT2D eigenvalue weighted by molar-refractivity contribution is -0.115. The Morgan fingerprint density at radius 1 is 1.14 bits per heavy atom. The van der Waals surface area contributed by atoms with Crippen molar-refractivity contribution in [2.24, 2.45) is 0 Å². The molecule has 0 spiro atoms. The van der Waals surface area contributed by atoms with Crippen LogP contribution < -0.4 is 10.0 Å². The Kier molecular flexibility index (Phi) is 3.17. The third-order valence-corrected chi connectivity index (χ3v) is 4.91. The smallest absolute Gasteiger partial charge is 0.262 e. The summed E-state index contributed by atoms with van der Waals surface area (Å²) in [5.74, 6) is -0.0797. The first-order chi connectivity index (χ1) is 9.95. The molecule has 3 rings (SSSR count). The topological polar surface area (TPSA) is 75.3 Å². The van der Waals surface area contributed by atoms with Crippen molar-refractivity contribution in [1.29, 1.82) is 0 Å². The molecule has 1 amide bonds. The van der Waals surface area contributed by atoms with Gasteiger partial charge in [0.1, 0.15) is 0 Å². The van der Waals surface area contributed by atoms with E-state index >= 15 is 0 Å². The molecule has 108 valence electrons. The second-order valence-corrected chi connectivity index (χ2v) is 6.62. The largest absolute Gasteiger partial charge is 0.326 e. The highest BCUT2D eigenvalue weighted by molar-refractivity contribution is 7.92. The number of anilines is 2. The zero-order valence-electron chi connectivity index (χ0n) is 11.4. The molecule has 2 N–H and O–H groups in total. The summed E-state index contributed by atoms with van der Waals surface area (Å²) in [7, 11) is -3.63. The van der Waals surface area contributed by atoms with Crippen LogP contribution in [-0.4, -0.2) is 14.3 Å². The summed E-state index contributed by atoms with van der Waals surface area (Å²) < 4.78 is 27.3. The van der Waals surface area contributed by atoms with Gasteiger partial charge in [-0.25, -0.2) is 8.42 Å². The Hall–Kier alpha value is -2.34. The number of fused-ring (bicyclic) bond motifs is 1. The zero-order chi connectivity index (χ0) is 15.0. The van der Waals surface area contributed by atoms with Gasteiger partial charge >= 0.3 is 0 Å². The van der Waals surface area contributed by atoms with Crippen molar-refractivity contribution >= 4 is 27.3 Å². The van der Waals surface area contributed by atoms with Gasteiger partial charge in [-0.1, -0.05) is 18.2 Å². The van der Waals surface area contributed by atoms with E-state index in [2.05, 4.69) is 10.0 Å². The molecular weight excluding hydrogens is 288 g/mol. The van der Waals surface area contributed by atoms with Gasteiger partial charge in [-0.15, -0.1) is 0 Å². The molecule has 1 heterocycles. The van der Waals surface area contributed by atoms with E-state index < -0.39 is 10.0 Å². The fourth-order valence-corrected chi connectivity index (χ4v) is 3.66. The molecule has 0 saturated heterocycles. The van der Waals surface area contributed by atoms with Crippen molar-refractivity contribution in [3.63, 3.8) is 0 Å². The molecule has 0 aromatic heterocycles. The lowest BCUT2D eigenvalue weighted by atomic mass is 10.1. The van der Waals surface area contributed by atoms with Crippen LogP contribution in [0.3, 0.4) is 0 Å². The number of carbonyl (C=O) groups is 1. The second kappa shape index (κ2) is 4.89. The molecule has 0 aliphatic carbocycles. The molecule has 0 unspecified atom stereocenters. The van der Waals surface area contributed by atoms with Crippen LogP contribution in [0.25, 0.3) is 0 Å². The third kappa shape index (κ3) is 2.62. The number of hydrogen-bond donors (Lipinski definition) is 2. The SMILES string of the molecule is Cc1ccccc1S(=O)(=O)Nc1ccc2c(c1)CC(=O)N2. The van der Waals surface area contributed by atoms with Crippen LogP contribution in [-0.2, 0) is 21.2 Å². The fraction of sp³-hybridized carbons (Fsp3) is 0.133. The first-order valence-corrected chi connectivity index (χ1v) is 7.95. The van der Waals surface area contributed by atoms with Gasteiger partial charge in [0.15, 0.2) is 0 Å². The second-order valence-electron chi connectivity index (χ2n) is 4.97. The molecule has 0 bridgehead atoms. The van der Waals surface area contributed by atoms with E-state index in [1.54, 1.807) is 49.4 Å². The van der Waals surface area contributed by atoms with Crippen molar-refractivity contribution in [3.05, 3.63) is 53.6 Å². The van der Waals surface area contributed by atoms with Crippen molar-refractivity contribution in [2.45, 2.75) is 18.2 Å². The average Bonchev–Trinajstić information content (AvgIpc) is 2.78. The van der Waals surface area contributed by atoms with Gasteiger partial charge in [0.05, 0.1) is 11.3 Å². The Bertz CT molecular complexity index is 829. The summed E-state index contributed by atoms with van der Waals surface area (Å²) >= 11 is 0. The van der Waals surface area contributed by atoms with Crippen LogP contribution in [0.5, 0.6) is 0 Å². The number of hydrogen-bond acceptors (Lipinski definition) is 3. The lowest BCUT2D eigenvalue weighted by Gasteiger charge is -2.11. The van der Waals surface area contributed by atoms with E-state index in [0.717, 1.165) is 11.3 Å². The minimum Gasteiger partial charge on any atom is -0.326 e. The first kappa shape index (κ1) is 13.6. The van der Waals surface area contributed by atoms with E-state index in [1.165, 1.54) is 0 Å². The minimum atomic E-state index is -3.63. The lowest BCUT2D eigenvalue weighted by Crippen LogP contribution is -2.14. The number of carbonyl (C=O) groups excluding carboxylic acids is 1. The van der Waals surface area contributed by atoms with Gasteiger partial charge in [-0.05, 0) is 42.3 Å². The minimum absolute atomic E-state index is 0.0797. The number of sulfonamides is 1. The zero-order valence-corrected chi connectivity index (χ0v) is 12.2. The van der Waals surface area contributed by atoms with E-state index in [9.17, 15) is 13.2 Å².